The smallest absolute Gasteiger partial charge is 0.237 e. The van der Waals surface area contributed by atoms with Crippen molar-refractivity contribution in [2.45, 2.75) is 11.4 Å². The van der Waals surface area contributed by atoms with Gasteiger partial charge in [0.2, 0.25) is 5.95 Å². The predicted molar refractivity (Wildman–Crippen MR) is 117 cm³/mol. The Bertz CT molecular complexity index is 994. The van der Waals surface area contributed by atoms with Gasteiger partial charge in [-0.15, -0.1) is 36.6 Å². The average Bonchev–Trinajstić information content (AvgIpc) is 3.21. The third kappa shape index (κ3) is 4.71. The van der Waals surface area contributed by atoms with Crippen molar-refractivity contribution in [2.24, 2.45) is 0 Å². The lowest BCUT2D eigenvalue weighted by atomic mass is 10.2. The Hall–Kier alpha value is -2.28. The fourth-order valence-corrected chi connectivity index (χ4v) is 3.07. The van der Waals surface area contributed by atoms with Gasteiger partial charge >= 0.3 is 0 Å². The molecule has 4 rings (SSSR count). The lowest BCUT2D eigenvalue weighted by molar-refractivity contribution is 0.936. The van der Waals surface area contributed by atoms with Crippen LogP contribution in [-0.4, -0.2) is 25.8 Å². The van der Waals surface area contributed by atoms with Crippen LogP contribution in [0.1, 0.15) is 5.56 Å². The van der Waals surface area contributed by atoms with E-state index < -0.39 is 0 Å². The van der Waals surface area contributed by atoms with Crippen LogP contribution in [0.3, 0.4) is 0 Å². The van der Waals surface area contributed by atoms with Crippen LogP contribution in [0.4, 0.5) is 5.82 Å². The number of nitrogens with zero attached hydrogens (tertiary/aromatic N) is 4. The molecule has 1 N–H and O–H groups in total. The molecule has 0 saturated heterocycles. The molecule has 0 aliphatic carbocycles. The topological polar surface area (TPSA) is 55.6 Å². The van der Waals surface area contributed by atoms with E-state index in [9.17, 15) is 0 Å². The second-order valence-electron chi connectivity index (χ2n) is 5.56. The largest absolute Gasteiger partial charge is 0.365 e. The highest BCUT2D eigenvalue weighted by Gasteiger charge is 2.10. The highest BCUT2D eigenvalue weighted by Crippen LogP contribution is 2.27. The maximum atomic E-state index is 4.73. The van der Waals surface area contributed by atoms with Gasteiger partial charge in [0.15, 0.2) is 0 Å². The van der Waals surface area contributed by atoms with Crippen molar-refractivity contribution in [1.29, 1.82) is 0 Å². The molecular weight excluding hydrogens is 401 g/mol. The quantitative estimate of drug-likeness (QED) is 0.461. The molecule has 0 spiro atoms. The van der Waals surface area contributed by atoms with Crippen molar-refractivity contribution in [3.63, 3.8) is 0 Å². The Morgan fingerprint density at radius 2 is 1.85 bits per heavy atom. The predicted octanol–water partition coefficient (Wildman–Crippen LogP) is 4.99. The van der Waals surface area contributed by atoms with Gasteiger partial charge in [0, 0.05) is 29.2 Å². The number of aromatic nitrogens is 4. The number of anilines is 1. The minimum Gasteiger partial charge on any atom is -0.365 e. The molecule has 2 heterocycles. The molecule has 2 aromatic heterocycles. The number of hydrogen-bond acceptors (Lipinski definition) is 5. The summed E-state index contributed by atoms with van der Waals surface area (Å²) in [5.74, 6) is 1.44. The van der Waals surface area contributed by atoms with Crippen LogP contribution in [-0.2, 0) is 6.54 Å². The van der Waals surface area contributed by atoms with Gasteiger partial charge in [-0.25, -0.2) is 9.97 Å². The first-order valence-electron chi connectivity index (χ1n) is 7.95. The number of thioether (sulfide) groups is 1. The Kier molecular flexibility index (Phi) is 7.47. The summed E-state index contributed by atoms with van der Waals surface area (Å²) in [6.45, 7) is 0.708. The van der Waals surface area contributed by atoms with Crippen LogP contribution in [0.5, 0.6) is 0 Å². The standard InChI is InChI=1S/C19H17N5S.2ClH/c1-25-15-7-8-17-16(11-15)18(21-12-14-5-3-2-4-6-14)23-19(22-17)24-10-9-20-13-24;;/h2-11,13H,12H2,1H3,(H,21,22,23);2*1H. The lowest BCUT2D eigenvalue weighted by Gasteiger charge is -2.12. The number of rotatable bonds is 5. The fraction of sp³-hybridized carbons (Fsp3) is 0.105. The van der Waals surface area contributed by atoms with Gasteiger partial charge in [0.1, 0.15) is 12.1 Å². The zero-order valence-electron chi connectivity index (χ0n) is 14.6. The molecule has 0 bridgehead atoms. The molecule has 4 aromatic rings. The molecule has 140 valence electrons. The molecule has 27 heavy (non-hydrogen) atoms. The van der Waals surface area contributed by atoms with Gasteiger partial charge in [0.05, 0.1) is 5.52 Å². The maximum Gasteiger partial charge on any atom is 0.237 e. The monoisotopic (exact) mass is 419 g/mol. The Balaban J connectivity index is 0.00000131. The van der Waals surface area contributed by atoms with E-state index >= 15 is 0 Å². The fourth-order valence-electron chi connectivity index (χ4n) is 2.63. The molecule has 0 radical (unpaired) electrons. The summed E-state index contributed by atoms with van der Waals surface area (Å²) in [6, 6.07) is 16.5. The highest BCUT2D eigenvalue weighted by molar-refractivity contribution is 7.98. The summed E-state index contributed by atoms with van der Waals surface area (Å²) in [7, 11) is 0. The summed E-state index contributed by atoms with van der Waals surface area (Å²) in [4.78, 5) is 14.7. The third-order valence-electron chi connectivity index (χ3n) is 3.93. The van der Waals surface area contributed by atoms with E-state index in [1.165, 1.54) is 10.5 Å². The molecule has 5 nitrogen and oxygen atoms in total. The molecule has 0 fully saturated rings. The summed E-state index contributed by atoms with van der Waals surface area (Å²) >= 11 is 1.71. The van der Waals surface area contributed by atoms with E-state index in [1.807, 2.05) is 35.0 Å². The molecule has 0 aliphatic heterocycles. The van der Waals surface area contributed by atoms with Gasteiger partial charge in [-0.05, 0) is 30.0 Å². The van der Waals surface area contributed by atoms with Crippen molar-refractivity contribution in [3.8, 4) is 5.95 Å². The Morgan fingerprint density at radius 1 is 1.04 bits per heavy atom. The number of benzene rings is 2. The Labute approximate surface area is 174 Å². The van der Waals surface area contributed by atoms with E-state index in [0.717, 1.165) is 16.7 Å². The minimum absolute atomic E-state index is 0. The zero-order valence-corrected chi connectivity index (χ0v) is 17.0. The van der Waals surface area contributed by atoms with E-state index in [0.29, 0.717) is 12.5 Å². The molecule has 8 heteroatoms. The van der Waals surface area contributed by atoms with Crippen LogP contribution in [0.2, 0.25) is 0 Å². The first-order valence-corrected chi connectivity index (χ1v) is 9.18. The number of halogens is 2. The number of hydrogen-bond donors (Lipinski definition) is 1. The molecule has 0 unspecified atom stereocenters. The SMILES string of the molecule is CSc1ccc2nc(-n3ccnc3)nc(NCc3ccccc3)c2c1.Cl.Cl. The van der Waals surface area contributed by atoms with E-state index in [2.05, 4.69) is 45.8 Å². The van der Waals surface area contributed by atoms with Crippen LogP contribution >= 0.6 is 36.6 Å². The summed E-state index contributed by atoms with van der Waals surface area (Å²) < 4.78 is 1.82. The first kappa shape index (κ1) is 21.0. The van der Waals surface area contributed by atoms with Crippen molar-refractivity contribution in [1.82, 2.24) is 19.5 Å². The zero-order chi connectivity index (χ0) is 17.1. The molecule has 0 amide bonds. The van der Waals surface area contributed by atoms with Crippen molar-refractivity contribution >= 4 is 53.3 Å². The number of nitrogens with one attached hydrogen (secondary N) is 1. The summed E-state index contributed by atoms with van der Waals surface area (Å²) in [5.41, 5.74) is 2.12. The first-order chi connectivity index (χ1) is 12.3. The van der Waals surface area contributed by atoms with Crippen molar-refractivity contribution in [3.05, 3.63) is 72.8 Å². The second kappa shape index (κ2) is 9.60. The van der Waals surface area contributed by atoms with Gasteiger partial charge in [-0.1, -0.05) is 30.3 Å². The van der Waals surface area contributed by atoms with Gasteiger partial charge in [-0.3, -0.25) is 4.57 Å². The van der Waals surface area contributed by atoms with Crippen molar-refractivity contribution < 1.29 is 0 Å². The van der Waals surface area contributed by atoms with Crippen molar-refractivity contribution in [2.75, 3.05) is 11.6 Å². The van der Waals surface area contributed by atoms with Gasteiger partial charge < -0.3 is 5.32 Å². The molecule has 0 saturated carbocycles. The average molecular weight is 420 g/mol. The maximum absolute atomic E-state index is 4.73. The van der Waals surface area contributed by atoms with Crippen LogP contribution in [0.15, 0.2) is 72.1 Å². The van der Waals surface area contributed by atoms with Crippen LogP contribution in [0.25, 0.3) is 16.9 Å². The number of imidazole rings is 1. The summed E-state index contributed by atoms with van der Waals surface area (Å²) in [5, 5.41) is 4.48. The minimum atomic E-state index is 0. The lowest BCUT2D eigenvalue weighted by Crippen LogP contribution is -2.07. The molecule has 2 aromatic carbocycles. The third-order valence-corrected chi connectivity index (χ3v) is 4.65. The second-order valence-corrected chi connectivity index (χ2v) is 6.44. The van der Waals surface area contributed by atoms with E-state index in [-0.39, 0.29) is 24.8 Å². The Morgan fingerprint density at radius 3 is 2.56 bits per heavy atom. The van der Waals surface area contributed by atoms with Gasteiger partial charge in [0.25, 0.3) is 0 Å². The number of fused-ring (bicyclic) bond motifs is 1. The van der Waals surface area contributed by atoms with E-state index in [1.54, 1.807) is 24.3 Å². The normalized spacial score (nSPS) is 10.1. The molecule has 0 aliphatic rings. The molecular formula is C19H19Cl2N5S. The molecule has 0 atom stereocenters. The van der Waals surface area contributed by atoms with Crippen LogP contribution < -0.4 is 5.32 Å². The van der Waals surface area contributed by atoms with E-state index in [4.69, 9.17) is 4.98 Å². The van der Waals surface area contributed by atoms with Gasteiger partial charge in [-0.2, -0.15) is 4.98 Å². The highest BCUT2D eigenvalue weighted by atomic mass is 35.5. The summed E-state index contributed by atoms with van der Waals surface area (Å²) in [6.07, 6.45) is 7.34. The van der Waals surface area contributed by atoms with Crippen LogP contribution in [0, 0.1) is 0 Å².